The summed E-state index contributed by atoms with van der Waals surface area (Å²) in [6.45, 7) is 8.87. The van der Waals surface area contributed by atoms with Crippen LogP contribution in [0.1, 0.15) is 50.7 Å². The summed E-state index contributed by atoms with van der Waals surface area (Å²) in [7, 11) is 0. The highest BCUT2D eigenvalue weighted by molar-refractivity contribution is 6.29. The zero-order chi connectivity index (χ0) is 15.9. The lowest BCUT2D eigenvalue weighted by molar-refractivity contribution is 0.809. The summed E-state index contributed by atoms with van der Waals surface area (Å²) < 4.78 is 2.10. The van der Waals surface area contributed by atoms with Gasteiger partial charge in [0.25, 0.3) is 0 Å². The van der Waals surface area contributed by atoms with E-state index < -0.39 is 0 Å². The molecule has 1 heterocycles. The van der Waals surface area contributed by atoms with Gasteiger partial charge in [-0.2, -0.15) is 0 Å². The van der Waals surface area contributed by atoms with Crippen molar-refractivity contribution in [3.05, 3.63) is 58.9 Å². The highest BCUT2D eigenvalue weighted by atomic mass is 35.5. The zero-order valence-corrected chi connectivity index (χ0v) is 14.2. The summed E-state index contributed by atoms with van der Waals surface area (Å²) in [5.74, 6) is 0.844. The lowest BCUT2D eigenvalue weighted by Gasteiger charge is -2.21. The largest absolute Gasteiger partial charge is 0.283 e. The molecule has 0 saturated carbocycles. The molecule has 22 heavy (non-hydrogen) atoms. The van der Waals surface area contributed by atoms with E-state index in [9.17, 15) is 0 Å². The number of benzene rings is 2. The predicted molar refractivity (Wildman–Crippen MR) is 94.3 cm³/mol. The van der Waals surface area contributed by atoms with Gasteiger partial charge in [0.05, 0.1) is 16.7 Å². The molecular formula is C19H21ClN2. The first kappa shape index (κ1) is 15.1. The van der Waals surface area contributed by atoms with E-state index in [4.69, 9.17) is 11.6 Å². The fourth-order valence-corrected chi connectivity index (χ4v) is 3.25. The molecule has 0 aliphatic carbocycles. The Bertz CT molecular complexity index is 789. The molecule has 1 aromatic heterocycles. The molecule has 114 valence electrons. The van der Waals surface area contributed by atoms with Crippen LogP contribution in [0.4, 0.5) is 0 Å². The van der Waals surface area contributed by atoms with Crippen molar-refractivity contribution in [1.29, 1.82) is 0 Å². The summed E-state index contributed by atoms with van der Waals surface area (Å²) in [6.07, 6.45) is 0. The Morgan fingerprint density at radius 2 is 1.45 bits per heavy atom. The minimum atomic E-state index is 0.422. The molecule has 0 aliphatic heterocycles. The van der Waals surface area contributed by atoms with Crippen LogP contribution in [0.5, 0.6) is 0 Å². The van der Waals surface area contributed by atoms with Crippen LogP contribution in [-0.4, -0.2) is 9.55 Å². The fraction of sp³-hybridized carbons (Fsp3) is 0.316. The molecule has 0 fully saturated rings. The molecule has 0 radical (unpaired) electrons. The first-order chi connectivity index (χ1) is 10.5. The number of para-hydroxylation sites is 3. The molecule has 3 aromatic rings. The highest BCUT2D eigenvalue weighted by Crippen LogP contribution is 2.35. The molecule has 3 heteroatoms. The van der Waals surface area contributed by atoms with Crippen LogP contribution in [0.2, 0.25) is 5.28 Å². The number of fused-ring (bicyclic) bond motifs is 1. The number of halogens is 1. The van der Waals surface area contributed by atoms with Gasteiger partial charge in [0.15, 0.2) is 0 Å². The summed E-state index contributed by atoms with van der Waals surface area (Å²) >= 11 is 6.51. The third kappa shape index (κ3) is 2.42. The highest BCUT2D eigenvalue weighted by Gasteiger charge is 2.19. The van der Waals surface area contributed by atoms with Gasteiger partial charge in [-0.3, -0.25) is 4.57 Å². The van der Waals surface area contributed by atoms with Crippen molar-refractivity contribution in [2.45, 2.75) is 39.5 Å². The Morgan fingerprint density at radius 1 is 0.864 bits per heavy atom. The topological polar surface area (TPSA) is 17.8 Å². The van der Waals surface area contributed by atoms with Crippen molar-refractivity contribution in [3.63, 3.8) is 0 Å². The first-order valence-corrected chi connectivity index (χ1v) is 8.14. The van der Waals surface area contributed by atoms with Crippen molar-refractivity contribution in [3.8, 4) is 5.69 Å². The summed E-state index contributed by atoms with van der Waals surface area (Å²) in [6, 6.07) is 14.6. The van der Waals surface area contributed by atoms with Crippen molar-refractivity contribution < 1.29 is 0 Å². The second-order valence-corrected chi connectivity index (χ2v) is 6.64. The quantitative estimate of drug-likeness (QED) is 0.586. The Labute approximate surface area is 136 Å². The number of rotatable bonds is 3. The van der Waals surface area contributed by atoms with E-state index in [0.29, 0.717) is 17.1 Å². The number of hydrogen-bond donors (Lipinski definition) is 0. The minimum absolute atomic E-state index is 0.422. The molecular weight excluding hydrogens is 292 g/mol. The molecule has 3 rings (SSSR count). The normalized spacial score (nSPS) is 11.8. The van der Waals surface area contributed by atoms with E-state index in [1.54, 1.807) is 0 Å². The third-order valence-corrected chi connectivity index (χ3v) is 4.34. The molecule has 0 unspecified atom stereocenters. The van der Waals surface area contributed by atoms with Gasteiger partial charge in [-0.05, 0) is 46.7 Å². The summed E-state index contributed by atoms with van der Waals surface area (Å²) in [4.78, 5) is 4.52. The average molecular weight is 313 g/mol. The minimum Gasteiger partial charge on any atom is -0.283 e. The van der Waals surface area contributed by atoms with Gasteiger partial charge < -0.3 is 0 Å². The van der Waals surface area contributed by atoms with E-state index in [-0.39, 0.29) is 0 Å². The summed E-state index contributed by atoms with van der Waals surface area (Å²) in [5, 5.41) is 0.524. The van der Waals surface area contributed by atoms with Crippen molar-refractivity contribution in [2.24, 2.45) is 0 Å². The van der Waals surface area contributed by atoms with E-state index >= 15 is 0 Å². The maximum Gasteiger partial charge on any atom is 0.208 e. The van der Waals surface area contributed by atoms with E-state index in [1.165, 1.54) is 16.8 Å². The van der Waals surface area contributed by atoms with Crippen molar-refractivity contribution in [2.75, 3.05) is 0 Å². The molecule has 0 atom stereocenters. The second kappa shape index (κ2) is 5.77. The molecule has 0 spiro atoms. The molecule has 0 amide bonds. The van der Waals surface area contributed by atoms with Gasteiger partial charge in [-0.15, -0.1) is 0 Å². The van der Waals surface area contributed by atoms with Crippen LogP contribution in [0.25, 0.3) is 16.7 Å². The van der Waals surface area contributed by atoms with Crippen LogP contribution < -0.4 is 0 Å². The van der Waals surface area contributed by atoms with Gasteiger partial charge in [-0.25, -0.2) is 4.98 Å². The predicted octanol–water partition coefficient (Wildman–Crippen LogP) is 5.93. The van der Waals surface area contributed by atoms with Crippen LogP contribution >= 0.6 is 11.6 Å². The van der Waals surface area contributed by atoms with Crippen LogP contribution in [0.15, 0.2) is 42.5 Å². The SMILES string of the molecule is CC(C)c1cccc(C(C)C)c1-n1c(Cl)nc2ccccc21. The fourth-order valence-electron chi connectivity index (χ4n) is 2.98. The molecule has 0 bridgehead atoms. The van der Waals surface area contributed by atoms with Crippen LogP contribution in [-0.2, 0) is 0 Å². The monoisotopic (exact) mass is 312 g/mol. The second-order valence-electron chi connectivity index (χ2n) is 6.30. The lowest BCUT2D eigenvalue weighted by Crippen LogP contribution is -2.07. The van der Waals surface area contributed by atoms with Crippen molar-refractivity contribution >= 4 is 22.6 Å². The van der Waals surface area contributed by atoms with Crippen LogP contribution in [0.3, 0.4) is 0 Å². The maximum absolute atomic E-state index is 6.51. The number of hydrogen-bond acceptors (Lipinski definition) is 1. The number of imidazole rings is 1. The van der Waals surface area contributed by atoms with Gasteiger partial charge in [0.1, 0.15) is 0 Å². The smallest absolute Gasteiger partial charge is 0.208 e. The van der Waals surface area contributed by atoms with E-state index in [0.717, 1.165) is 11.0 Å². The van der Waals surface area contributed by atoms with Gasteiger partial charge in [-0.1, -0.05) is 58.0 Å². The number of nitrogens with zero attached hydrogens (tertiary/aromatic N) is 2. The Morgan fingerprint density at radius 3 is 2.05 bits per heavy atom. The van der Waals surface area contributed by atoms with Gasteiger partial charge >= 0.3 is 0 Å². The molecule has 0 aliphatic rings. The van der Waals surface area contributed by atoms with E-state index in [1.807, 2.05) is 18.2 Å². The number of aromatic nitrogens is 2. The molecule has 2 aromatic carbocycles. The van der Waals surface area contributed by atoms with Crippen LogP contribution in [0, 0.1) is 0 Å². The van der Waals surface area contributed by atoms with Gasteiger partial charge in [0.2, 0.25) is 5.28 Å². The molecule has 0 saturated heterocycles. The van der Waals surface area contributed by atoms with E-state index in [2.05, 4.69) is 61.5 Å². The summed E-state index contributed by atoms with van der Waals surface area (Å²) in [5.41, 5.74) is 5.78. The third-order valence-electron chi connectivity index (χ3n) is 4.09. The zero-order valence-electron chi connectivity index (χ0n) is 13.5. The lowest BCUT2D eigenvalue weighted by atomic mass is 9.92. The Balaban J connectivity index is 2.41. The van der Waals surface area contributed by atoms with Crippen molar-refractivity contribution in [1.82, 2.24) is 9.55 Å². The van der Waals surface area contributed by atoms with Gasteiger partial charge in [0, 0.05) is 0 Å². The average Bonchev–Trinajstić information content (AvgIpc) is 2.81. The first-order valence-electron chi connectivity index (χ1n) is 7.77. The Hall–Kier alpha value is -1.80. The standard InChI is InChI=1S/C19H21ClN2/c1-12(2)14-8-7-9-15(13(3)4)18(14)22-17-11-6-5-10-16(17)21-19(22)20/h5-13H,1-4H3. The Kier molecular flexibility index (Phi) is 3.96. The maximum atomic E-state index is 6.51. The molecule has 0 N–H and O–H groups in total. The molecule has 2 nitrogen and oxygen atoms in total.